The molecule has 0 spiro atoms. The summed E-state index contributed by atoms with van der Waals surface area (Å²) < 4.78 is 40.6. The number of rotatable bonds is 3. The second kappa shape index (κ2) is 7.42. The zero-order valence-electron chi connectivity index (χ0n) is 15.8. The maximum atomic E-state index is 13.4. The average Bonchev–Trinajstić information content (AvgIpc) is 3.19. The van der Waals surface area contributed by atoms with Gasteiger partial charge < -0.3 is 15.0 Å². The Labute approximate surface area is 172 Å². The minimum atomic E-state index is -4.93. The van der Waals surface area contributed by atoms with Crippen LogP contribution in [0.1, 0.15) is 37.5 Å². The van der Waals surface area contributed by atoms with Crippen LogP contribution in [0.25, 0.3) is 5.69 Å². The maximum Gasteiger partial charge on any atom is 0.434 e. The van der Waals surface area contributed by atoms with E-state index < -0.39 is 23.4 Å². The number of aromatic amines is 1. The van der Waals surface area contributed by atoms with Crippen molar-refractivity contribution in [3.05, 3.63) is 81.0 Å². The summed E-state index contributed by atoms with van der Waals surface area (Å²) in [6.07, 6.45) is -2.39. The molecule has 3 heterocycles. The number of nitrogens with one attached hydrogen (secondary N) is 1. The van der Waals surface area contributed by atoms with Crippen LogP contribution in [0.5, 0.6) is 0 Å². The van der Waals surface area contributed by atoms with Gasteiger partial charge >= 0.3 is 12.1 Å². The smallest absolute Gasteiger partial charge is 0.434 e. The zero-order chi connectivity index (χ0) is 22.3. The lowest BCUT2D eigenvalue weighted by Gasteiger charge is -2.28. The molecule has 0 bridgehead atoms. The first-order chi connectivity index (χ1) is 14.7. The van der Waals surface area contributed by atoms with E-state index in [-0.39, 0.29) is 29.3 Å². The number of pyridine rings is 1. The summed E-state index contributed by atoms with van der Waals surface area (Å²) in [5.41, 5.74) is -0.967. The van der Waals surface area contributed by atoms with E-state index >= 15 is 0 Å². The normalized spacial score (nSPS) is 13.7. The third-order valence-electron chi connectivity index (χ3n) is 5.07. The first-order valence-corrected chi connectivity index (χ1v) is 9.14. The number of alkyl halides is 3. The van der Waals surface area contributed by atoms with Crippen molar-refractivity contribution in [1.29, 1.82) is 0 Å². The molecule has 4 rings (SSSR count). The fraction of sp³-hybridized carbons (Fsp3) is 0.200. The van der Waals surface area contributed by atoms with Gasteiger partial charge in [0.2, 0.25) is 0 Å². The van der Waals surface area contributed by atoms with E-state index in [4.69, 9.17) is 5.11 Å². The van der Waals surface area contributed by atoms with Gasteiger partial charge in [-0.3, -0.25) is 9.59 Å². The van der Waals surface area contributed by atoms with Crippen LogP contribution in [-0.4, -0.2) is 43.2 Å². The summed E-state index contributed by atoms with van der Waals surface area (Å²) in [7, 11) is 0. The number of nitrogens with zero attached hydrogens (tertiary/aromatic N) is 3. The van der Waals surface area contributed by atoms with E-state index in [1.54, 1.807) is 11.0 Å². The predicted octanol–water partition coefficient (Wildman–Crippen LogP) is 2.48. The highest BCUT2D eigenvalue weighted by Gasteiger charge is 2.40. The van der Waals surface area contributed by atoms with Crippen molar-refractivity contribution in [3.8, 4) is 5.69 Å². The first kappa shape index (κ1) is 20.4. The Morgan fingerprint density at radius 2 is 1.84 bits per heavy atom. The van der Waals surface area contributed by atoms with Gasteiger partial charge in [-0.25, -0.2) is 9.48 Å². The number of hydrogen-bond acceptors (Lipinski definition) is 4. The van der Waals surface area contributed by atoms with E-state index in [9.17, 15) is 27.6 Å². The van der Waals surface area contributed by atoms with Gasteiger partial charge in [-0.2, -0.15) is 18.3 Å². The van der Waals surface area contributed by atoms with E-state index in [0.717, 1.165) is 5.56 Å². The number of H-pyrrole nitrogens is 1. The number of fused-ring (bicyclic) bond motifs is 1. The fourth-order valence-electron chi connectivity index (χ4n) is 3.58. The highest BCUT2D eigenvalue weighted by molar-refractivity contribution is 5.94. The Balaban J connectivity index is 1.60. The van der Waals surface area contributed by atoms with E-state index in [0.29, 0.717) is 29.4 Å². The van der Waals surface area contributed by atoms with Gasteiger partial charge in [0, 0.05) is 30.4 Å². The summed E-state index contributed by atoms with van der Waals surface area (Å²) in [4.78, 5) is 39.9. The molecule has 0 radical (unpaired) electrons. The summed E-state index contributed by atoms with van der Waals surface area (Å²) in [5, 5.41) is 12.6. The molecule has 0 fully saturated rings. The molecule has 1 amide bonds. The van der Waals surface area contributed by atoms with Crippen molar-refractivity contribution < 1.29 is 27.9 Å². The third-order valence-corrected chi connectivity index (χ3v) is 5.07. The molecule has 1 aliphatic rings. The molecule has 0 aliphatic carbocycles. The van der Waals surface area contributed by atoms with Gasteiger partial charge in [-0.1, -0.05) is 0 Å². The Kier molecular flexibility index (Phi) is 4.88. The Bertz CT molecular complexity index is 1230. The minimum Gasteiger partial charge on any atom is -0.478 e. The number of carbonyl (C=O) groups excluding carboxylic acids is 1. The van der Waals surface area contributed by atoms with Gasteiger partial charge in [0.25, 0.3) is 11.5 Å². The van der Waals surface area contributed by atoms with E-state index in [1.165, 1.54) is 30.5 Å². The van der Waals surface area contributed by atoms with Gasteiger partial charge in [-0.05, 0) is 42.3 Å². The molecule has 0 atom stereocenters. The fourth-order valence-corrected chi connectivity index (χ4v) is 3.58. The van der Waals surface area contributed by atoms with Crippen molar-refractivity contribution in [2.45, 2.75) is 19.1 Å². The number of benzene rings is 1. The van der Waals surface area contributed by atoms with Crippen molar-refractivity contribution in [2.75, 3.05) is 6.54 Å². The Morgan fingerprint density at radius 1 is 1.13 bits per heavy atom. The van der Waals surface area contributed by atoms with Crippen LogP contribution in [0, 0.1) is 0 Å². The van der Waals surface area contributed by atoms with E-state index in [2.05, 4.69) is 10.1 Å². The molecule has 11 heteroatoms. The quantitative estimate of drug-likeness (QED) is 0.661. The SMILES string of the molecule is O=C(O)c1cnn(-c2ccc(C(=O)N3CCc4c(cc[nH]c4=O)C3)cc2)c1C(F)(F)F. The number of carboxylic acid groups (broad SMARTS) is 1. The Morgan fingerprint density at radius 3 is 2.48 bits per heavy atom. The number of aromatic nitrogens is 3. The van der Waals surface area contributed by atoms with Crippen LogP contribution in [0.3, 0.4) is 0 Å². The van der Waals surface area contributed by atoms with Crippen molar-refractivity contribution >= 4 is 11.9 Å². The van der Waals surface area contributed by atoms with Crippen LogP contribution in [0.4, 0.5) is 13.2 Å². The second-order valence-electron chi connectivity index (χ2n) is 6.96. The molecule has 31 heavy (non-hydrogen) atoms. The molecule has 160 valence electrons. The number of amides is 1. The molecule has 0 unspecified atom stereocenters. The highest BCUT2D eigenvalue weighted by Crippen LogP contribution is 2.33. The van der Waals surface area contributed by atoms with Crippen LogP contribution >= 0.6 is 0 Å². The summed E-state index contributed by atoms with van der Waals surface area (Å²) in [6.45, 7) is 0.583. The summed E-state index contributed by atoms with van der Waals surface area (Å²) >= 11 is 0. The number of carboxylic acids is 1. The zero-order valence-corrected chi connectivity index (χ0v) is 15.8. The molecule has 2 aromatic heterocycles. The van der Waals surface area contributed by atoms with Gasteiger partial charge in [-0.15, -0.1) is 0 Å². The van der Waals surface area contributed by atoms with Crippen LogP contribution < -0.4 is 5.56 Å². The molecule has 3 aromatic rings. The largest absolute Gasteiger partial charge is 0.478 e. The molecule has 0 saturated heterocycles. The minimum absolute atomic E-state index is 0.0353. The second-order valence-corrected chi connectivity index (χ2v) is 6.96. The lowest BCUT2D eigenvalue weighted by atomic mass is 10.0. The number of hydrogen-bond donors (Lipinski definition) is 2. The molecule has 2 N–H and O–H groups in total. The van der Waals surface area contributed by atoms with Gasteiger partial charge in [0.05, 0.1) is 11.9 Å². The number of aromatic carboxylic acids is 1. The highest BCUT2D eigenvalue weighted by atomic mass is 19.4. The number of halogens is 3. The topological polar surface area (TPSA) is 108 Å². The van der Waals surface area contributed by atoms with Crippen molar-refractivity contribution in [2.24, 2.45) is 0 Å². The monoisotopic (exact) mass is 432 g/mol. The predicted molar refractivity (Wildman–Crippen MR) is 101 cm³/mol. The number of carbonyl (C=O) groups is 2. The average molecular weight is 432 g/mol. The van der Waals surface area contributed by atoms with Gasteiger partial charge in [0.15, 0.2) is 5.69 Å². The maximum absolute atomic E-state index is 13.4. The molecule has 0 saturated carbocycles. The van der Waals surface area contributed by atoms with Crippen LogP contribution in [-0.2, 0) is 19.1 Å². The molecular weight excluding hydrogens is 417 g/mol. The van der Waals surface area contributed by atoms with E-state index in [1.807, 2.05) is 0 Å². The summed E-state index contributed by atoms with van der Waals surface area (Å²) in [5.74, 6) is -2.07. The Hall–Kier alpha value is -3.89. The van der Waals surface area contributed by atoms with Crippen LogP contribution in [0.15, 0.2) is 47.5 Å². The third kappa shape index (κ3) is 3.69. The standard InChI is InChI=1S/C20H15F3N4O4/c21-20(22,23)16-15(19(30)31)9-25-27(16)13-3-1-11(2-4-13)18(29)26-8-6-14-12(10-26)5-7-24-17(14)28/h1-5,7,9H,6,8,10H2,(H,24,28)(H,30,31). The molecule has 1 aromatic carbocycles. The van der Waals surface area contributed by atoms with Gasteiger partial charge in [0.1, 0.15) is 5.56 Å². The molecule has 8 nitrogen and oxygen atoms in total. The van der Waals surface area contributed by atoms with Crippen LogP contribution in [0.2, 0.25) is 0 Å². The van der Waals surface area contributed by atoms with Crippen molar-refractivity contribution in [3.63, 3.8) is 0 Å². The van der Waals surface area contributed by atoms with Crippen molar-refractivity contribution in [1.82, 2.24) is 19.7 Å². The lowest BCUT2D eigenvalue weighted by Crippen LogP contribution is -2.38. The summed E-state index contributed by atoms with van der Waals surface area (Å²) in [6, 6.07) is 6.98. The molecular formula is C20H15F3N4O4. The first-order valence-electron chi connectivity index (χ1n) is 9.14. The molecule has 1 aliphatic heterocycles. The lowest BCUT2D eigenvalue weighted by molar-refractivity contribution is -0.143.